The summed E-state index contributed by atoms with van der Waals surface area (Å²) in [5, 5.41) is 0. The van der Waals surface area contributed by atoms with Gasteiger partial charge in [-0.05, 0) is 0 Å². The van der Waals surface area contributed by atoms with Gasteiger partial charge in [-0.25, -0.2) is 0 Å². The first-order chi connectivity index (χ1) is 3.79. The van der Waals surface area contributed by atoms with Crippen molar-refractivity contribution < 1.29 is 51.4 Å². The van der Waals surface area contributed by atoms with Gasteiger partial charge in [0.2, 0.25) is 0 Å². The molecule has 1 aromatic carbocycles. The summed E-state index contributed by atoms with van der Waals surface area (Å²) in [4.78, 5) is 0. The molecule has 0 fully saturated rings. The van der Waals surface area contributed by atoms with E-state index in [0.29, 0.717) is 0 Å². The third kappa shape index (κ3) is 3.53. The summed E-state index contributed by atoms with van der Waals surface area (Å²) in [7, 11) is 0. The number of hydrogen-bond acceptors (Lipinski definition) is 0. The second-order valence-corrected chi connectivity index (χ2v) is 2.09. The van der Waals surface area contributed by atoms with Gasteiger partial charge < -0.3 is 0 Å². The van der Waals surface area contributed by atoms with Gasteiger partial charge in [0.1, 0.15) is 0 Å². The second kappa shape index (κ2) is 4.64. The van der Waals surface area contributed by atoms with Crippen LogP contribution in [0.25, 0.3) is 0 Å². The van der Waals surface area contributed by atoms with E-state index in [2.05, 4.69) is 26.0 Å². The number of benzene rings is 1. The van der Waals surface area contributed by atoms with Crippen molar-refractivity contribution in [2.75, 3.05) is 0 Å². The number of aryl methyl sites for hydroxylation is 2. The van der Waals surface area contributed by atoms with Gasteiger partial charge in [-0.2, -0.15) is 35.4 Å². The van der Waals surface area contributed by atoms with Crippen molar-refractivity contribution in [3.05, 3.63) is 35.4 Å². The van der Waals surface area contributed by atoms with Gasteiger partial charge in [-0.3, -0.25) is 0 Å². The summed E-state index contributed by atoms with van der Waals surface area (Å²) >= 11 is 0. The molecule has 0 aromatic heterocycles. The molecule has 0 aliphatic carbocycles. The van der Waals surface area contributed by atoms with Crippen molar-refractivity contribution in [3.8, 4) is 0 Å². The standard InChI is InChI=1S/C8H9.K/c1-7-4-3-5-8(2)6-7;/h4-6H,1-2H3;/q-1;+1. The Labute approximate surface area is 99.1 Å². The molecule has 0 radical (unpaired) electrons. The van der Waals surface area contributed by atoms with E-state index in [1.54, 1.807) is 0 Å². The number of rotatable bonds is 0. The summed E-state index contributed by atoms with van der Waals surface area (Å²) in [6.07, 6.45) is 0. The van der Waals surface area contributed by atoms with Crippen molar-refractivity contribution in [1.29, 1.82) is 0 Å². The van der Waals surface area contributed by atoms with Crippen molar-refractivity contribution in [2.24, 2.45) is 0 Å². The van der Waals surface area contributed by atoms with E-state index in [4.69, 9.17) is 0 Å². The molecule has 9 heavy (non-hydrogen) atoms. The van der Waals surface area contributed by atoms with Crippen LogP contribution in [-0.4, -0.2) is 0 Å². The van der Waals surface area contributed by atoms with Gasteiger partial charge >= 0.3 is 51.4 Å². The quantitative estimate of drug-likeness (QED) is 0.327. The molecule has 0 aliphatic heterocycles. The molecular formula is C8H9K. The van der Waals surface area contributed by atoms with Gasteiger partial charge in [-0.1, -0.05) is 13.8 Å². The predicted octanol–water partition coefficient (Wildman–Crippen LogP) is -0.892. The summed E-state index contributed by atoms with van der Waals surface area (Å²) in [6, 6.07) is 9.12. The topological polar surface area (TPSA) is 0 Å². The van der Waals surface area contributed by atoms with Crippen molar-refractivity contribution in [2.45, 2.75) is 13.8 Å². The second-order valence-electron chi connectivity index (χ2n) is 2.09. The minimum atomic E-state index is 0. The molecule has 1 rings (SSSR count). The zero-order chi connectivity index (χ0) is 5.98. The minimum absolute atomic E-state index is 0. The fourth-order valence-corrected chi connectivity index (χ4v) is 0.747. The Morgan fingerprint density at radius 3 is 1.78 bits per heavy atom. The third-order valence-electron chi connectivity index (χ3n) is 1.08. The maximum atomic E-state index is 3.03. The molecule has 0 bridgehead atoms. The van der Waals surface area contributed by atoms with E-state index in [1.165, 1.54) is 11.1 Å². The average molecular weight is 144 g/mol. The van der Waals surface area contributed by atoms with Gasteiger partial charge in [0.15, 0.2) is 0 Å². The first kappa shape index (κ1) is 9.86. The zero-order valence-corrected chi connectivity index (χ0v) is 9.36. The van der Waals surface area contributed by atoms with Crippen LogP contribution in [0.4, 0.5) is 0 Å². The van der Waals surface area contributed by atoms with Crippen LogP contribution in [0.3, 0.4) is 0 Å². The maximum Gasteiger partial charge on any atom is 1.00 e. The fraction of sp³-hybridized carbons (Fsp3) is 0.250. The normalized spacial score (nSPS) is 8.22. The molecule has 0 amide bonds. The van der Waals surface area contributed by atoms with Gasteiger partial charge in [0.25, 0.3) is 0 Å². The zero-order valence-electron chi connectivity index (χ0n) is 6.23. The largest absolute Gasteiger partial charge is 1.00 e. The summed E-state index contributed by atoms with van der Waals surface area (Å²) in [5.74, 6) is 0. The van der Waals surface area contributed by atoms with E-state index in [9.17, 15) is 0 Å². The molecule has 0 spiro atoms. The molecule has 0 unspecified atom stereocenters. The van der Waals surface area contributed by atoms with Gasteiger partial charge in [0, 0.05) is 0 Å². The Hall–Kier alpha value is 0.856. The van der Waals surface area contributed by atoms with E-state index >= 15 is 0 Å². The Morgan fingerprint density at radius 2 is 1.56 bits per heavy atom. The third-order valence-corrected chi connectivity index (χ3v) is 1.08. The molecule has 42 valence electrons. The smallest absolute Gasteiger partial charge is 0.183 e. The Balaban J connectivity index is 0.000000640. The van der Waals surface area contributed by atoms with Crippen LogP contribution < -0.4 is 51.4 Å². The van der Waals surface area contributed by atoms with E-state index < -0.39 is 0 Å². The van der Waals surface area contributed by atoms with Gasteiger partial charge in [-0.15, -0.1) is 0 Å². The maximum absolute atomic E-state index is 3.03. The number of hydrogen-bond donors (Lipinski definition) is 0. The fourth-order valence-electron chi connectivity index (χ4n) is 0.747. The minimum Gasteiger partial charge on any atom is -0.183 e. The molecule has 0 aliphatic rings. The molecule has 0 saturated carbocycles. The monoisotopic (exact) mass is 144 g/mol. The predicted molar refractivity (Wildman–Crippen MR) is 34.8 cm³/mol. The molecular weight excluding hydrogens is 135 g/mol. The SMILES string of the molecule is Cc1c[c-]cc(C)c1.[K+]. The molecule has 1 aromatic rings. The Bertz CT molecular complexity index is 164. The van der Waals surface area contributed by atoms with E-state index in [-0.39, 0.29) is 51.4 Å². The van der Waals surface area contributed by atoms with Gasteiger partial charge in [0.05, 0.1) is 0 Å². The molecule has 1 heteroatoms. The van der Waals surface area contributed by atoms with Crippen LogP contribution in [-0.2, 0) is 0 Å². The van der Waals surface area contributed by atoms with Crippen LogP contribution in [0.15, 0.2) is 18.2 Å². The molecule has 0 nitrogen and oxygen atoms in total. The van der Waals surface area contributed by atoms with Crippen molar-refractivity contribution in [1.82, 2.24) is 0 Å². The van der Waals surface area contributed by atoms with E-state index in [1.807, 2.05) is 12.1 Å². The molecule has 0 N–H and O–H groups in total. The van der Waals surface area contributed by atoms with Crippen LogP contribution in [0.1, 0.15) is 11.1 Å². The molecule has 0 saturated heterocycles. The Kier molecular flexibility index (Phi) is 5.08. The van der Waals surface area contributed by atoms with Crippen molar-refractivity contribution in [3.63, 3.8) is 0 Å². The molecule has 0 atom stereocenters. The van der Waals surface area contributed by atoms with Crippen LogP contribution in [0, 0.1) is 19.9 Å². The first-order valence-electron chi connectivity index (χ1n) is 2.73. The molecule has 0 heterocycles. The van der Waals surface area contributed by atoms with E-state index in [0.717, 1.165) is 0 Å². The van der Waals surface area contributed by atoms with Crippen LogP contribution in [0.5, 0.6) is 0 Å². The van der Waals surface area contributed by atoms with Crippen LogP contribution >= 0.6 is 0 Å². The first-order valence-corrected chi connectivity index (χ1v) is 2.73. The average Bonchev–Trinajstić information content (AvgIpc) is 1.64. The Morgan fingerprint density at radius 1 is 1.11 bits per heavy atom. The summed E-state index contributed by atoms with van der Waals surface area (Å²) in [6.45, 7) is 4.15. The summed E-state index contributed by atoms with van der Waals surface area (Å²) < 4.78 is 0. The van der Waals surface area contributed by atoms with Crippen LogP contribution in [0.2, 0.25) is 0 Å². The van der Waals surface area contributed by atoms with Crippen molar-refractivity contribution >= 4 is 0 Å². The summed E-state index contributed by atoms with van der Waals surface area (Å²) in [5.41, 5.74) is 2.56.